The molecule has 0 bridgehead atoms. The van der Waals surface area contributed by atoms with Crippen molar-refractivity contribution in [3.8, 4) is 0 Å². The zero-order chi connectivity index (χ0) is 11.8. The Morgan fingerprint density at radius 2 is 2.12 bits per heavy atom. The van der Waals surface area contributed by atoms with Gasteiger partial charge in [0.2, 0.25) is 0 Å². The first kappa shape index (κ1) is 13.0. The van der Waals surface area contributed by atoms with Crippen LogP contribution in [0.3, 0.4) is 0 Å². The molecule has 1 aliphatic rings. The molecule has 0 aromatic rings. The molecule has 16 heavy (non-hydrogen) atoms. The quantitative estimate of drug-likeness (QED) is 0.766. The molecule has 0 saturated heterocycles. The Morgan fingerprint density at radius 1 is 1.44 bits per heavy atom. The average molecular weight is 226 g/mol. The number of aliphatic hydroxyl groups is 1. The van der Waals surface area contributed by atoms with Gasteiger partial charge < -0.3 is 15.3 Å². The fourth-order valence-corrected chi connectivity index (χ4v) is 1.94. The van der Waals surface area contributed by atoms with Crippen molar-refractivity contribution >= 4 is 6.03 Å². The average Bonchev–Trinajstić information content (AvgIpc) is 2.30. The minimum atomic E-state index is -0.166. The van der Waals surface area contributed by atoms with Crippen LogP contribution in [-0.4, -0.2) is 36.2 Å². The number of carbonyl (C=O) groups is 1. The van der Waals surface area contributed by atoms with Crippen molar-refractivity contribution in [3.05, 3.63) is 12.3 Å². The molecule has 1 aliphatic carbocycles. The van der Waals surface area contributed by atoms with Crippen molar-refractivity contribution in [2.75, 3.05) is 20.2 Å². The van der Waals surface area contributed by atoms with Crippen LogP contribution in [0.15, 0.2) is 12.3 Å². The van der Waals surface area contributed by atoms with Crippen LogP contribution in [0.25, 0.3) is 0 Å². The maximum atomic E-state index is 11.4. The zero-order valence-corrected chi connectivity index (χ0v) is 9.98. The Balaban J connectivity index is 2.21. The number of hydrogen-bond donors (Lipinski definition) is 2. The number of carbonyl (C=O) groups excluding carboxylic acids is 1. The van der Waals surface area contributed by atoms with Crippen LogP contribution < -0.4 is 5.32 Å². The van der Waals surface area contributed by atoms with Gasteiger partial charge in [0.1, 0.15) is 0 Å². The highest BCUT2D eigenvalue weighted by molar-refractivity contribution is 5.74. The van der Waals surface area contributed by atoms with E-state index in [1.54, 1.807) is 13.2 Å². The highest BCUT2D eigenvalue weighted by Gasteiger charge is 2.10. The number of nitrogens with one attached hydrogen (secondary N) is 1. The molecule has 4 nitrogen and oxygen atoms in total. The summed E-state index contributed by atoms with van der Waals surface area (Å²) in [5.74, 6) is 0.622. The number of nitrogens with zero attached hydrogens (tertiary/aromatic N) is 1. The summed E-state index contributed by atoms with van der Waals surface area (Å²) in [6.07, 6.45) is 10.2. The molecule has 0 atom stereocenters. The van der Waals surface area contributed by atoms with Crippen LogP contribution in [0.4, 0.5) is 4.79 Å². The van der Waals surface area contributed by atoms with E-state index < -0.39 is 0 Å². The van der Waals surface area contributed by atoms with Crippen LogP contribution in [0, 0.1) is 5.92 Å². The lowest BCUT2D eigenvalue weighted by molar-refractivity contribution is 0.193. The molecule has 0 aromatic heterocycles. The first-order valence-corrected chi connectivity index (χ1v) is 6.03. The van der Waals surface area contributed by atoms with Crippen LogP contribution >= 0.6 is 0 Å². The van der Waals surface area contributed by atoms with Gasteiger partial charge in [0, 0.05) is 19.8 Å². The number of amides is 2. The van der Waals surface area contributed by atoms with Crippen molar-refractivity contribution < 1.29 is 9.90 Å². The van der Waals surface area contributed by atoms with Gasteiger partial charge >= 0.3 is 6.03 Å². The number of allylic oxidation sites excluding steroid dienone is 1. The molecule has 1 saturated carbocycles. The Hall–Kier alpha value is -1.03. The molecule has 0 aromatic carbocycles. The van der Waals surface area contributed by atoms with E-state index >= 15 is 0 Å². The van der Waals surface area contributed by atoms with E-state index in [1.807, 2.05) is 0 Å². The van der Waals surface area contributed by atoms with E-state index in [2.05, 4.69) is 11.4 Å². The van der Waals surface area contributed by atoms with Crippen LogP contribution in [-0.2, 0) is 0 Å². The predicted molar refractivity (Wildman–Crippen MR) is 64.0 cm³/mol. The van der Waals surface area contributed by atoms with E-state index in [1.165, 1.54) is 37.0 Å². The number of aliphatic hydroxyl groups excluding tert-OH is 1. The zero-order valence-electron chi connectivity index (χ0n) is 9.98. The van der Waals surface area contributed by atoms with E-state index in [0.717, 1.165) is 0 Å². The molecule has 0 spiro atoms. The summed E-state index contributed by atoms with van der Waals surface area (Å²) in [5.41, 5.74) is 0. The Kier molecular flexibility index (Phi) is 5.93. The summed E-state index contributed by atoms with van der Waals surface area (Å²) in [7, 11) is 1.67. The number of urea groups is 1. The van der Waals surface area contributed by atoms with E-state index in [0.29, 0.717) is 12.5 Å². The third kappa shape index (κ3) is 4.66. The van der Waals surface area contributed by atoms with Gasteiger partial charge in [-0.2, -0.15) is 0 Å². The second-order valence-corrected chi connectivity index (χ2v) is 4.35. The summed E-state index contributed by atoms with van der Waals surface area (Å²) in [6, 6.07) is -0.166. The summed E-state index contributed by atoms with van der Waals surface area (Å²) in [6.45, 7) is 0.360. The van der Waals surface area contributed by atoms with Gasteiger partial charge in [0.05, 0.1) is 6.61 Å². The van der Waals surface area contributed by atoms with Gasteiger partial charge in [-0.3, -0.25) is 0 Å². The van der Waals surface area contributed by atoms with Crippen LogP contribution in [0.5, 0.6) is 0 Å². The predicted octanol–water partition coefficient (Wildman–Crippen LogP) is 1.71. The Labute approximate surface area is 97.3 Å². The molecule has 0 radical (unpaired) electrons. The lowest BCUT2D eigenvalue weighted by Crippen LogP contribution is -2.36. The van der Waals surface area contributed by atoms with Crippen molar-refractivity contribution in [3.63, 3.8) is 0 Å². The van der Waals surface area contributed by atoms with E-state index in [-0.39, 0.29) is 12.6 Å². The molecule has 0 aliphatic heterocycles. The molecule has 1 rings (SSSR count). The topological polar surface area (TPSA) is 52.6 Å². The minimum Gasteiger partial charge on any atom is -0.395 e. The third-order valence-electron chi connectivity index (χ3n) is 3.01. The SMILES string of the molecule is CN(CCO)C(=O)N/C=C/C1CCCCC1. The molecule has 1 fully saturated rings. The molecule has 2 N–H and O–H groups in total. The smallest absolute Gasteiger partial charge is 0.321 e. The van der Waals surface area contributed by atoms with Crippen molar-refractivity contribution in [1.29, 1.82) is 0 Å². The van der Waals surface area contributed by atoms with Gasteiger partial charge in [-0.25, -0.2) is 4.79 Å². The van der Waals surface area contributed by atoms with Crippen LogP contribution in [0.1, 0.15) is 32.1 Å². The number of likely N-dealkylation sites (N-methyl/N-ethyl adjacent to an activating group) is 1. The first-order chi connectivity index (χ1) is 7.74. The van der Waals surface area contributed by atoms with Crippen molar-refractivity contribution in [2.45, 2.75) is 32.1 Å². The lowest BCUT2D eigenvalue weighted by Gasteiger charge is -2.18. The first-order valence-electron chi connectivity index (χ1n) is 6.03. The van der Waals surface area contributed by atoms with Gasteiger partial charge in [-0.05, 0) is 18.8 Å². The maximum absolute atomic E-state index is 11.4. The van der Waals surface area contributed by atoms with Crippen LogP contribution in [0.2, 0.25) is 0 Å². The Morgan fingerprint density at radius 3 is 2.75 bits per heavy atom. The summed E-state index contributed by atoms with van der Waals surface area (Å²) >= 11 is 0. The molecular formula is C12H22N2O2. The molecule has 0 heterocycles. The molecular weight excluding hydrogens is 204 g/mol. The molecule has 4 heteroatoms. The standard InChI is InChI=1S/C12H22N2O2/c1-14(9-10-15)12(16)13-8-7-11-5-3-2-4-6-11/h7-8,11,15H,2-6,9-10H2,1H3,(H,13,16)/b8-7+. The minimum absolute atomic E-state index is 0.00371. The number of hydrogen-bond acceptors (Lipinski definition) is 2. The second-order valence-electron chi connectivity index (χ2n) is 4.35. The normalized spacial score (nSPS) is 17.6. The van der Waals surface area contributed by atoms with E-state index in [9.17, 15) is 4.79 Å². The lowest BCUT2D eigenvalue weighted by atomic mass is 9.89. The summed E-state index contributed by atoms with van der Waals surface area (Å²) in [4.78, 5) is 12.9. The summed E-state index contributed by atoms with van der Waals surface area (Å²) in [5, 5.41) is 11.4. The second kappa shape index (κ2) is 7.28. The highest BCUT2D eigenvalue weighted by Crippen LogP contribution is 2.24. The van der Waals surface area contributed by atoms with E-state index in [4.69, 9.17) is 5.11 Å². The monoisotopic (exact) mass is 226 g/mol. The highest BCUT2D eigenvalue weighted by atomic mass is 16.3. The van der Waals surface area contributed by atoms with Gasteiger partial charge in [-0.15, -0.1) is 0 Å². The van der Waals surface area contributed by atoms with Crippen molar-refractivity contribution in [1.82, 2.24) is 10.2 Å². The fraction of sp³-hybridized carbons (Fsp3) is 0.750. The van der Waals surface area contributed by atoms with Gasteiger partial charge in [0.25, 0.3) is 0 Å². The number of rotatable bonds is 4. The van der Waals surface area contributed by atoms with Crippen molar-refractivity contribution in [2.24, 2.45) is 5.92 Å². The fourth-order valence-electron chi connectivity index (χ4n) is 1.94. The molecule has 2 amide bonds. The Bertz CT molecular complexity index is 235. The molecule has 0 unspecified atom stereocenters. The third-order valence-corrected chi connectivity index (χ3v) is 3.01. The molecule has 92 valence electrons. The van der Waals surface area contributed by atoms with Gasteiger partial charge in [0.15, 0.2) is 0 Å². The summed E-state index contributed by atoms with van der Waals surface area (Å²) < 4.78 is 0. The largest absolute Gasteiger partial charge is 0.395 e. The van der Waals surface area contributed by atoms with Gasteiger partial charge in [-0.1, -0.05) is 25.3 Å². The maximum Gasteiger partial charge on any atom is 0.321 e.